The van der Waals surface area contributed by atoms with Gasteiger partial charge in [0.1, 0.15) is 11.3 Å². The minimum Gasteiger partial charge on any atom is -0.492 e. The van der Waals surface area contributed by atoms with Crippen molar-refractivity contribution in [1.82, 2.24) is 14.8 Å². The van der Waals surface area contributed by atoms with Gasteiger partial charge in [0, 0.05) is 51.0 Å². The first kappa shape index (κ1) is 20.3. The largest absolute Gasteiger partial charge is 0.492 e. The smallest absolute Gasteiger partial charge is 0.341 e. The Bertz CT molecular complexity index is 1080. The molecule has 31 heavy (non-hydrogen) atoms. The number of anilines is 1. The summed E-state index contributed by atoms with van der Waals surface area (Å²) in [5, 5.41) is 12.9. The summed E-state index contributed by atoms with van der Waals surface area (Å²) in [6.45, 7) is 5.02. The van der Waals surface area contributed by atoms with E-state index < -0.39 is 17.2 Å². The predicted octanol–water partition coefficient (Wildman–Crippen LogP) is 1.67. The van der Waals surface area contributed by atoms with E-state index in [1.54, 1.807) is 4.57 Å². The molecule has 5 rings (SSSR count). The van der Waals surface area contributed by atoms with Gasteiger partial charge in [0.2, 0.25) is 5.43 Å². The van der Waals surface area contributed by atoms with E-state index in [0.717, 1.165) is 45.4 Å². The highest BCUT2D eigenvalue weighted by molar-refractivity contribution is 5.97. The maximum Gasteiger partial charge on any atom is 0.341 e. The van der Waals surface area contributed by atoms with Gasteiger partial charge in [-0.15, -0.1) is 0 Å². The molecule has 1 aromatic heterocycles. The molecule has 0 spiro atoms. The molecular formula is C22H27FN4O4. The molecule has 0 amide bonds. The molecule has 8 nitrogen and oxygen atoms in total. The number of methoxy groups -OCH3 is 1. The van der Waals surface area contributed by atoms with Crippen LogP contribution in [0.5, 0.6) is 5.75 Å². The van der Waals surface area contributed by atoms with Gasteiger partial charge in [0.25, 0.3) is 0 Å². The number of hydrogen-bond donors (Lipinski definition) is 2. The summed E-state index contributed by atoms with van der Waals surface area (Å²) >= 11 is 0. The van der Waals surface area contributed by atoms with Crippen LogP contribution in [0.3, 0.4) is 0 Å². The van der Waals surface area contributed by atoms with Crippen LogP contribution in [-0.4, -0.2) is 73.0 Å². The van der Waals surface area contributed by atoms with Crippen molar-refractivity contribution in [1.29, 1.82) is 0 Å². The Morgan fingerprint density at radius 3 is 2.52 bits per heavy atom. The molecule has 2 saturated heterocycles. The van der Waals surface area contributed by atoms with Crippen LogP contribution in [0.4, 0.5) is 10.1 Å². The number of pyridine rings is 1. The van der Waals surface area contributed by atoms with Crippen LogP contribution in [0.15, 0.2) is 17.1 Å². The Balaban J connectivity index is 1.59. The zero-order valence-corrected chi connectivity index (χ0v) is 17.6. The number of carboxylic acids is 1. The van der Waals surface area contributed by atoms with E-state index in [1.165, 1.54) is 19.4 Å². The fourth-order valence-corrected chi connectivity index (χ4v) is 4.99. The number of carboxylic acid groups (broad SMARTS) is 1. The minimum absolute atomic E-state index is 0.0561. The van der Waals surface area contributed by atoms with E-state index in [9.17, 15) is 14.7 Å². The zero-order valence-electron chi connectivity index (χ0n) is 17.6. The van der Waals surface area contributed by atoms with Crippen molar-refractivity contribution in [2.75, 3.05) is 51.3 Å². The molecule has 1 atom stereocenters. The van der Waals surface area contributed by atoms with E-state index >= 15 is 4.39 Å². The van der Waals surface area contributed by atoms with E-state index in [4.69, 9.17) is 4.74 Å². The Kier molecular flexibility index (Phi) is 5.10. The number of rotatable bonds is 5. The quantitative estimate of drug-likeness (QED) is 0.746. The number of ether oxygens (including phenoxy) is 1. The number of nitrogens with zero attached hydrogens (tertiary/aromatic N) is 3. The molecule has 9 heteroatoms. The number of aromatic carboxylic acids is 1. The third-order valence-corrected chi connectivity index (χ3v) is 6.75. The van der Waals surface area contributed by atoms with Gasteiger partial charge in [-0.1, -0.05) is 0 Å². The van der Waals surface area contributed by atoms with Crippen LogP contribution in [0.25, 0.3) is 10.9 Å². The average Bonchev–Trinajstić information content (AvgIpc) is 3.46. The summed E-state index contributed by atoms with van der Waals surface area (Å²) in [5.74, 6) is -1.54. The Hall–Kier alpha value is -2.65. The molecule has 3 aliphatic rings. The number of benzene rings is 1. The summed E-state index contributed by atoms with van der Waals surface area (Å²) in [7, 11) is 1.48. The van der Waals surface area contributed by atoms with Crippen molar-refractivity contribution in [3.8, 4) is 5.75 Å². The number of halogens is 1. The average molecular weight is 430 g/mol. The van der Waals surface area contributed by atoms with Crippen LogP contribution >= 0.6 is 0 Å². The number of hydrogen-bond acceptors (Lipinski definition) is 6. The summed E-state index contributed by atoms with van der Waals surface area (Å²) < 4.78 is 22.8. The predicted molar refractivity (Wildman–Crippen MR) is 115 cm³/mol. The maximum absolute atomic E-state index is 15.4. The standard InChI is InChI=1S/C22H27FN4O4/c1-31-21-18-15(20(28)16(22(29)30)12-27(18)13-2-3-13)10-17(23)19(21)26-8-6-25(7-9-26)14-4-5-24-11-14/h10,12-14,24H,2-9,11H2,1H3,(H,29,30). The third kappa shape index (κ3) is 3.45. The topological polar surface area (TPSA) is 87.0 Å². The first-order chi connectivity index (χ1) is 15.0. The fourth-order valence-electron chi connectivity index (χ4n) is 4.99. The summed E-state index contributed by atoms with van der Waals surface area (Å²) in [5.41, 5.74) is -0.177. The molecule has 2 aromatic rings. The SMILES string of the molecule is COc1c(N2CCN(C3CCNC3)CC2)c(F)cc2c(=O)c(C(=O)O)cn(C3CC3)c12. The lowest BCUT2D eigenvalue weighted by Crippen LogP contribution is -2.51. The lowest BCUT2D eigenvalue weighted by atomic mass is 10.1. The van der Waals surface area contributed by atoms with Crippen molar-refractivity contribution in [2.45, 2.75) is 31.3 Å². The lowest BCUT2D eigenvalue weighted by Gasteiger charge is -2.39. The first-order valence-corrected chi connectivity index (χ1v) is 10.9. The van der Waals surface area contributed by atoms with E-state index in [0.29, 0.717) is 36.1 Å². The molecule has 166 valence electrons. The molecule has 3 fully saturated rings. The summed E-state index contributed by atoms with van der Waals surface area (Å²) in [6, 6.07) is 1.81. The molecule has 1 unspecified atom stereocenters. The van der Waals surface area contributed by atoms with E-state index in [2.05, 4.69) is 10.2 Å². The van der Waals surface area contributed by atoms with Gasteiger partial charge in [-0.05, 0) is 31.9 Å². The monoisotopic (exact) mass is 430 g/mol. The highest BCUT2D eigenvalue weighted by atomic mass is 19.1. The van der Waals surface area contributed by atoms with Crippen LogP contribution in [0, 0.1) is 5.82 Å². The molecule has 1 saturated carbocycles. The molecular weight excluding hydrogens is 403 g/mol. The minimum atomic E-state index is -1.30. The van der Waals surface area contributed by atoms with Gasteiger partial charge in [0.05, 0.1) is 18.0 Å². The highest BCUT2D eigenvalue weighted by Crippen LogP contribution is 2.43. The molecule has 0 radical (unpaired) electrons. The summed E-state index contributed by atoms with van der Waals surface area (Å²) in [6.07, 6.45) is 4.30. The van der Waals surface area contributed by atoms with Crippen LogP contribution in [-0.2, 0) is 0 Å². The lowest BCUT2D eigenvalue weighted by molar-refractivity contribution is 0.0695. The molecule has 1 aromatic carbocycles. The van der Waals surface area contributed by atoms with Gasteiger partial charge in [-0.3, -0.25) is 9.69 Å². The molecule has 1 aliphatic carbocycles. The second-order valence-corrected chi connectivity index (χ2v) is 8.62. The molecule has 0 bridgehead atoms. The van der Waals surface area contributed by atoms with Crippen molar-refractivity contribution in [2.24, 2.45) is 0 Å². The van der Waals surface area contributed by atoms with Crippen LogP contribution < -0.4 is 20.4 Å². The number of piperazine rings is 1. The molecule has 3 heterocycles. The fraction of sp³-hybridized carbons (Fsp3) is 0.545. The van der Waals surface area contributed by atoms with Crippen molar-refractivity contribution in [3.05, 3.63) is 33.9 Å². The number of carbonyl (C=O) groups is 1. The summed E-state index contributed by atoms with van der Waals surface area (Å²) in [4.78, 5) is 28.8. The van der Waals surface area contributed by atoms with Gasteiger partial charge in [-0.25, -0.2) is 9.18 Å². The number of nitrogens with one attached hydrogen (secondary N) is 1. The first-order valence-electron chi connectivity index (χ1n) is 10.9. The van der Waals surface area contributed by atoms with Gasteiger partial charge in [-0.2, -0.15) is 0 Å². The Morgan fingerprint density at radius 2 is 1.94 bits per heavy atom. The second-order valence-electron chi connectivity index (χ2n) is 8.62. The van der Waals surface area contributed by atoms with Gasteiger partial charge in [0.15, 0.2) is 11.6 Å². The van der Waals surface area contributed by atoms with E-state index in [1.807, 2.05) is 4.90 Å². The second kappa shape index (κ2) is 7.80. The molecule has 2 aliphatic heterocycles. The zero-order chi connectivity index (χ0) is 21.7. The maximum atomic E-state index is 15.4. The van der Waals surface area contributed by atoms with Crippen molar-refractivity contribution >= 4 is 22.6 Å². The Labute approximate surface area is 179 Å². The van der Waals surface area contributed by atoms with Crippen LogP contribution in [0.1, 0.15) is 35.7 Å². The Morgan fingerprint density at radius 1 is 1.19 bits per heavy atom. The van der Waals surface area contributed by atoms with E-state index in [-0.39, 0.29) is 17.0 Å². The number of fused-ring (bicyclic) bond motifs is 1. The van der Waals surface area contributed by atoms with Crippen LogP contribution in [0.2, 0.25) is 0 Å². The number of aromatic nitrogens is 1. The van der Waals surface area contributed by atoms with Gasteiger partial charge >= 0.3 is 5.97 Å². The normalized spacial score (nSPS) is 22.3. The molecule has 2 N–H and O–H groups in total. The highest BCUT2D eigenvalue weighted by Gasteiger charge is 2.33. The van der Waals surface area contributed by atoms with Crippen molar-refractivity contribution in [3.63, 3.8) is 0 Å². The van der Waals surface area contributed by atoms with Crippen molar-refractivity contribution < 1.29 is 19.0 Å². The third-order valence-electron chi connectivity index (χ3n) is 6.75. The van der Waals surface area contributed by atoms with Gasteiger partial charge < -0.3 is 24.6 Å².